The molecule has 1 aliphatic rings. The fourth-order valence-electron chi connectivity index (χ4n) is 2.12. The Morgan fingerprint density at radius 3 is 2.88 bits per heavy atom. The number of rotatable bonds is 4. The lowest BCUT2D eigenvalue weighted by Crippen LogP contribution is -2.64. The number of nitrogens with one attached hydrogen (secondary N) is 1. The van der Waals surface area contributed by atoms with Crippen molar-refractivity contribution in [3.8, 4) is 6.07 Å². The van der Waals surface area contributed by atoms with Gasteiger partial charge < -0.3 is 4.90 Å². The van der Waals surface area contributed by atoms with Crippen LogP contribution in [0.2, 0.25) is 0 Å². The van der Waals surface area contributed by atoms with Crippen LogP contribution in [0.5, 0.6) is 0 Å². The Hall–Kier alpha value is -1.08. The van der Waals surface area contributed by atoms with Gasteiger partial charge in [-0.1, -0.05) is 13.3 Å². The Labute approximate surface area is 97.6 Å². The number of nitriles is 1. The predicted octanol–water partition coefficient (Wildman–Crippen LogP) is 1.28. The molecule has 1 N–H and O–H groups in total. The molecule has 0 radical (unpaired) electrons. The fraction of sp³-hybridized carbons (Fsp3) is 0.833. The summed E-state index contributed by atoms with van der Waals surface area (Å²) in [6.45, 7) is 7.80. The lowest BCUT2D eigenvalue weighted by molar-refractivity contribution is -0.138. The van der Waals surface area contributed by atoms with E-state index in [1.807, 2.05) is 4.90 Å². The average Bonchev–Trinajstić information content (AvgIpc) is 2.21. The molecule has 1 rings (SSSR count). The van der Waals surface area contributed by atoms with Gasteiger partial charge in [-0.05, 0) is 20.3 Å². The smallest absolute Gasteiger partial charge is 0.240 e. The van der Waals surface area contributed by atoms with E-state index in [1.165, 1.54) is 0 Å². The van der Waals surface area contributed by atoms with Gasteiger partial charge in [0.1, 0.15) is 6.04 Å². The molecular formula is C12H21N3O. The third-order valence-corrected chi connectivity index (χ3v) is 2.84. The summed E-state index contributed by atoms with van der Waals surface area (Å²) in [4.78, 5) is 13.9. The average molecular weight is 223 g/mol. The number of carbonyl (C=O) groups is 1. The Morgan fingerprint density at radius 1 is 1.62 bits per heavy atom. The van der Waals surface area contributed by atoms with Gasteiger partial charge in [0, 0.05) is 18.6 Å². The van der Waals surface area contributed by atoms with Crippen molar-refractivity contribution in [2.75, 3.05) is 13.1 Å². The van der Waals surface area contributed by atoms with E-state index in [-0.39, 0.29) is 23.9 Å². The number of hydrogen-bond donors (Lipinski definition) is 1. The van der Waals surface area contributed by atoms with Crippen LogP contribution in [0.15, 0.2) is 0 Å². The second kappa shape index (κ2) is 5.31. The number of amides is 1. The van der Waals surface area contributed by atoms with Gasteiger partial charge in [0.15, 0.2) is 0 Å². The number of unbranched alkanes of at least 4 members (excludes halogenated alkanes) is 1. The summed E-state index contributed by atoms with van der Waals surface area (Å²) in [6.07, 6.45) is 2.37. The van der Waals surface area contributed by atoms with E-state index in [0.717, 1.165) is 25.9 Å². The summed E-state index contributed by atoms with van der Waals surface area (Å²) in [5.74, 6) is 0.0781. The second-order valence-electron chi connectivity index (χ2n) is 5.06. The van der Waals surface area contributed by atoms with Crippen molar-refractivity contribution >= 4 is 5.91 Å². The summed E-state index contributed by atoms with van der Waals surface area (Å²) in [7, 11) is 0. The maximum absolute atomic E-state index is 12.0. The molecule has 4 nitrogen and oxygen atoms in total. The zero-order valence-corrected chi connectivity index (χ0v) is 10.4. The fourth-order valence-corrected chi connectivity index (χ4v) is 2.12. The van der Waals surface area contributed by atoms with E-state index in [0.29, 0.717) is 0 Å². The van der Waals surface area contributed by atoms with Gasteiger partial charge in [-0.25, -0.2) is 0 Å². The Kier molecular flexibility index (Phi) is 4.31. The highest BCUT2D eigenvalue weighted by Gasteiger charge is 2.37. The molecule has 90 valence electrons. The largest absolute Gasteiger partial charge is 0.339 e. The Balaban J connectivity index is 2.69. The van der Waals surface area contributed by atoms with Crippen LogP contribution in [0.25, 0.3) is 0 Å². The number of piperazine rings is 1. The quantitative estimate of drug-likeness (QED) is 0.781. The Bertz CT molecular complexity index is 293. The van der Waals surface area contributed by atoms with Crippen LogP contribution in [0.3, 0.4) is 0 Å². The van der Waals surface area contributed by atoms with Crippen molar-refractivity contribution in [1.29, 1.82) is 5.26 Å². The Morgan fingerprint density at radius 2 is 2.31 bits per heavy atom. The minimum atomic E-state index is -0.328. The number of hydrogen-bond acceptors (Lipinski definition) is 3. The number of nitrogens with zero attached hydrogens (tertiary/aromatic N) is 2. The van der Waals surface area contributed by atoms with Crippen LogP contribution in [-0.2, 0) is 4.79 Å². The highest BCUT2D eigenvalue weighted by atomic mass is 16.2. The first kappa shape index (κ1) is 13.0. The van der Waals surface area contributed by atoms with Gasteiger partial charge in [-0.2, -0.15) is 5.26 Å². The van der Waals surface area contributed by atoms with Crippen molar-refractivity contribution in [1.82, 2.24) is 10.2 Å². The zero-order chi connectivity index (χ0) is 12.2. The maximum atomic E-state index is 12.0. The van der Waals surface area contributed by atoms with E-state index in [9.17, 15) is 4.79 Å². The summed E-state index contributed by atoms with van der Waals surface area (Å²) < 4.78 is 0. The van der Waals surface area contributed by atoms with E-state index in [4.69, 9.17) is 5.26 Å². The molecule has 16 heavy (non-hydrogen) atoms. The first-order chi connectivity index (χ1) is 7.50. The van der Waals surface area contributed by atoms with E-state index in [1.54, 1.807) is 0 Å². The molecule has 0 aromatic carbocycles. The minimum Gasteiger partial charge on any atom is -0.339 e. The topological polar surface area (TPSA) is 56.1 Å². The van der Waals surface area contributed by atoms with Crippen LogP contribution in [0.1, 0.15) is 40.0 Å². The van der Waals surface area contributed by atoms with Crippen LogP contribution in [-0.4, -0.2) is 35.5 Å². The van der Waals surface area contributed by atoms with E-state index >= 15 is 0 Å². The van der Waals surface area contributed by atoms with Crippen LogP contribution < -0.4 is 5.32 Å². The summed E-state index contributed by atoms with van der Waals surface area (Å²) in [5, 5.41) is 11.9. The van der Waals surface area contributed by atoms with Gasteiger partial charge in [-0.3, -0.25) is 10.1 Å². The molecule has 1 heterocycles. The van der Waals surface area contributed by atoms with Crippen molar-refractivity contribution in [3.05, 3.63) is 0 Å². The minimum absolute atomic E-state index is 0.0781. The lowest BCUT2D eigenvalue weighted by Gasteiger charge is -2.42. The van der Waals surface area contributed by atoms with Gasteiger partial charge >= 0.3 is 0 Å². The maximum Gasteiger partial charge on any atom is 0.240 e. The zero-order valence-electron chi connectivity index (χ0n) is 10.4. The first-order valence-electron chi connectivity index (χ1n) is 5.93. The summed E-state index contributed by atoms with van der Waals surface area (Å²) in [6, 6.07) is 1.74. The molecule has 0 saturated carbocycles. The molecule has 0 bridgehead atoms. The molecule has 0 aromatic rings. The first-order valence-corrected chi connectivity index (χ1v) is 5.93. The highest BCUT2D eigenvalue weighted by Crippen LogP contribution is 2.17. The van der Waals surface area contributed by atoms with Crippen LogP contribution in [0.4, 0.5) is 0 Å². The van der Waals surface area contributed by atoms with Gasteiger partial charge in [-0.15, -0.1) is 0 Å². The lowest BCUT2D eigenvalue weighted by atomic mass is 9.96. The highest BCUT2D eigenvalue weighted by molar-refractivity contribution is 5.83. The molecule has 0 spiro atoms. The summed E-state index contributed by atoms with van der Waals surface area (Å²) >= 11 is 0. The monoisotopic (exact) mass is 223 g/mol. The molecular weight excluding hydrogens is 202 g/mol. The predicted molar refractivity (Wildman–Crippen MR) is 62.7 cm³/mol. The normalized spacial score (nSPS) is 24.2. The molecule has 1 aliphatic heterocycles. The molecule has 1 fully saturated rings. The van der Waals surface area contributed by atoms with Crippen molar-refractivity contribution in [2.24, 2.45) is 0 Å². The van der Waals surface area contributed by atoms with E-state index < -0.39 is 0 Å². The summed E-state index contributed by atoms with van der Waals surface area (Å²) in [5.41, 5.74) is -0.0941. The van der Waals surface area contributed by atoms with Crippen LogP contribution in [0, 0.1) is 11.3 Å². The molecule has 1 saturated heterocycles. The number of carbonyl (C=O) groups excluding carboxylic acids is 1. The molecule has 1 atom stereocenters. The van der Waals surface area contributed by atoms with Crippen LogP contribution >= 0.6 is 0 Å². The van der Waals surface area contributed by atoms with Gasteiger partial charge in [0.2, 0.25) is 5.91 Å². The third kappa shape index (κ3) is 3.21. The van der Waals surface area contributed by atoms with Gasteiger partial charge in [0.25, 0.3) is 0 Å². The molecule has 0 aromatic heterocycles. The second-order valence-corrected chi connectivity index (χ2v) is 5.06. The molecule has 0 aliphatic carbocycles. The van der Waals surface area contributed by atoms with E-state index in [2.05, 4.69) is 32.2 Å². The molecule has 4 heteroatoms. The van der Waals surface area contributed by atoms with Gasteiger partial charge in [0.05, 0.1) is 12.5 Å². The van der Waals surface area contributed by atoms with Crippen molar-refractivity contribution in [3.63, 3.8) is 0 Å². The van der Waals surface area contributed by atoms with Crippen molar-refractivity contribution in [2.45, 2.75) is 51.6 Å². The van der Waals surface area contributed by atoms with Crippen molar-refractivity contribution < 1.29 is 4.79 Å². The molecule has 1 unspecified atom stereocenters. The SMILES string of the molecule is CCCCN1CC(C)(C)NC(CC#N)C1=O. The third-order valence-electron chi connectivity index (χ3n) is 2.84. The molecule has 1 amide bonds. The standard InChI is InChI=1S/C12H21N3O/c1-4-5-8-15-9-12(2,3)14-10(6-7-13)11(15)16/h10,14H,4-6,8-9H2,1-3H3.